The molecule has 1 atom stereocenters. The van der Waals surface area contributed by atoms with Gasteiger partial charge in [0, 0.05) is 18.4 Å². The van der Waals surface area contributed by atoms with Gasteiger partial charge in [0.15, 0.2) is 0 Å². The summed E-state index contributed by atoms with van der Waals surface area (Å²) >= 11 is 0. The third kappa shape index (κ3) is 2.89. The molecule has 0 aliphatic carbocycles. The lowest BCUT2D eigenvalue weighted by Gasteiger charge is -2.17. The Balaban J connectivity index is 1.91. The van der Waals surface area contributed by atoms with Crippen LogP contribution < -0.4 is 0 Å². The lowest BCUT2D eigenvalue weighted by molar-refractivity contribution is 0.589. The molecule has 126 valence electrons. The molecule has 1 aliphatic rings. The lowest BCUT2D eigenvalue weighted by Crippen LogP contribution is -2.12. The fourth-order valence-corrected chi connectivity index (χ4v) is 3.94. The predicted octanol–water partition coefficient (Wildman–Crippen LogP) is 3.00. The molecule has 1 unspecified atom stereocenters. The summed E-state index contributed by atoms with van der Waals surface area (Å²) in [6.07, 6.45) is 5.54. The first kappa shape index (κ1) is 15.8. The van der Waals surface area contributed by atoms with Crippen LogP contribution in [-0.4, -0.2) is 29.4 Å². The van der Waals surface area contributed by atoms with Crippen LogP contribution in [-0.2, 0) is 16.3 Å². The zero-order valence-electron chi connectivity index (χ0n) is 13.7. The SMILES string of the molecule is CS(=O)(=O)c1nnc2n1C=Cc1ccccc1C2Cc1ccccc1. The largest absolute Gasteiger partial charge is 0.276 e. The van der Waals surface area contributed by atoms with Gasteiger partial charge in [-0.3, -0.25) is 4.57 Å². The van der Waals surface area contributed by atoms with Gasteiger partial charge in [0.05, 0.1) is 0 Å². The van der Waals surface area contributed by atoms with Crippen LogP contribution in [0.25, 0.3) is 12.3 Å². The molecule has 0 spiro atoms. The Kier molecular flexibility index (Phi) is 3.77. The van der Waals surface area contributed by atoms with Gasteiger partial charge in [-0.2, -0.15) is 0 Å². The second kappa shape index (κ2) is 5.97. The molecule has 0 fully saturated rings. The van der Waals surface area contributed by atoms with Crippen molar-refractivity contribution in [2.24, 2.45) is 0 Å². The highest BCUT2D eigenvalue weighted by molar-refractivity contribution is 7.90. The monoisotopic (exact) mass is 351 g/mol. The predicted molar refractivity (Wildman–Crippen MR) is 96.8 cm³/mol. The lowest BCUT2D eigenvalue weighted by atomic mass is 9.88. The second-order valence-electron chi connectivity index (χ2n) is 6.17. The Morgan fingerprint density at radius 3 is 2.48 bits per heavy atom. The molecule has 2 heterocycles. The molecule has 1 aromatic heterocycles. The zero-order valence-corrected chi connectivity index (χ0v) is 14.5. The normalized spacial score (nSPS) is 16.1. The number of aromatic nitrogens is 3. The molecule has 0 saturated heterocycles. The highest BCUT2D eigenvalue weighted by atomic mass is 32.2. The number of hydrogen-bond acceptors (Lipinski definition) is 4. The molecule has 6 heteroatoms. The number of rotatable bonds is 3. The van der Waals surface area contributed by atoms with E-state index in [9.17, 15) is 8.42 Å². The van der Waals surface area contributed by atoms with Gasteiger partial charge < -0.3 is 0 Å². The Labute approximate surface area is 146 Å². The molecule has 2 aromatic carbocycles. The minimum Gasteiger partial charge on any atom is -0.276 e. The molecule has 0 amide bonds. The van der Waals surface area contributed by atoms with Crippen LogP contribution in [0.4, 0.5) is 0 Å². The Morgan fingerprint density at radius 2 is 1.72 bits per heavy atom. The average Bonchev–Trinajstić information content (AvgIpc) is 2.97. The number of benzene rings is 2. The van der Waals surface area contributed by atoms with Crippen molar-refractivity contribution >= 4 is 22.1 Å². The van der Waals surface area contributed by atoms with Gasteiger partial charge in [-0.25, -0.2) is 8.42 Å². The molecule has 0 N–H and O–H groups in total. The molecular formula is C19H17N3O2S. The molecule has 0 radical (unpaired) electrons. The maximum atomic E-state index is 12.1. The summed E-state index contributed by atoms with van der Waals surface area (Å²) in [7, 11) is -3.46. The van der Waals surface area contributed by atoms with E-state index in [-0.39, 0.29) is 11.1 Å². The molecule has 4 rings (SSSR count). The van der Waals surface area contributed by atoms with E-state index in [1.165, 1.54) is 5.56 Å². The van der Waals surface area contributed by atoms with Gasteiger partial charge in [0.2, 0.25) is 9.84 Å². The first-order chi connectivity index (χ1) is 12.0. The maximum absolute atomic E-state index is 12.1. The van der Waals surface area contributed by atoms with E-state index in [1.54, 1.807) is 10.8 Å². The van der Waals surface area contributed by atoms with Crippen LogP contribution in [0, 0.1) is 0 Å². The van der Waals surface area contributed by atoms with Crippen LogP contribution in [0.2, 0.25) is 0 Å². The summed E-state index contributed by atoms with van der Waals surface area (Å²) in [5.41, 5.74) is 3.35. The van der Waals surface area contributed by atoms with Crippen molar-refractivity contribution in [1.29, 1.82) is 0 Å². The van der Waals surface area contributed by atoms with E-state index in [0.29, 0.717) is 5.82 Å². The van der Waals surface area contributed by atoms with Crippen molar-refractivity contribution in [1.82, 2.24) is 14.8 Å². The van der Waals surface area contributed by atoms with E-state index in [2.05, 4.69) is 28.4 Å². The summed E-state index contributed by atoms with van der Waals surface area (Å²) in [6, 6.07) is 18.2. The van der Waals surface area contributed by atoms with E-state index in [4.69, 9.17) is 0 Å². The van der Waals surface area contributed by atoms with Gasteiger partial charge in [0.1, 0.15) is 5.82 Å². The van der Waals surface area contributed by atoms with Crippen LogP contribution in [0.5, 0.6) is 0 Å². The topological polar surface area (TPSA) is 64.8 Å². The summed E-state index contributed by atoms with van der Waals surface area (Å²) in [5.74, 6) is 0.571. The van der Waals surface area contributed by atoms with Gasteiger partial charge in [0.25, 0.3) is 5.16 Å². The van der Waals surface area contributed by atoms with Crippen molar-refractivity contribution in [3.05, 3.63) is 77.1 Å². The minimum absolute atomic E-state index is 0.0235. The van der Waals surface area contributed by atoms with E-state index in [0.717, 1.165) is 23.8 Å². The van der Waals surface area contributed by atoms with Crippen LogP contribution in [0.1, 0.15) is 28.4 Å². The average molecular weight is 351 g/mol. The first-order valence-corrected chi connectivity index (χ1v) is 9.89. The number of fused-ring (bicyclic) bond motifs is 2. The van der Waals surface area contributed by atoms with Crippen molar-refractivity contribution in [3.8, 4) is 0 Å². The second-order valence-corrected chi connectivity index (χ2v) is 8.08. The zero-order chi connectivity index (χ0) is 17.4. The summed E-state index contributed by atoms with van der Waals surface area (Å²) in [5, 5.41) is 8.17. The van der Waals surface area contributed by atoms with E-state index in [1.807, 2.05) is 42.5 Å². The molecule has 0 bridgehead atoms. The number of sulfone groups is 1. The summed E-state index contributed by atoms with van der Waals surface area (Å²) in [6.45, 7) is 0. The smallest absolute Gasteiger partial charge is 0.253 e. The Morgan fingerprint density at radius 1 is 1.00 bits per heavy atom. The highest BCUT2D eigenvalue weighted by Crippen LogP contribution is 2.34. The summed E-state index contributed by atoms with van der Waals surface area (Å²) < 4.78 is 25.7. The first-order valence-electron chi connectivity index (χ1n) is 8.00. The van der Waals surface area contributed by atoms with Gasteiger partial charge >= 0.3 is 0 Å². The van der Waals surface area contributed by atoms with Crippen LogP contribution >= 0.6 is 0 Å². The minimum atomic E-state index is -3.46. The van der Waals surface area contributed by atoms with Gasteiger partial charge in [-0.1, -0.05) is 54.6 Å². The fourth-order valence-electron chi connectivity index (χ4n) is 3.24. The molecule has 0 saturated carbocycles. The molecule has 25 heavy (non-hydrogen) atoms. The van der Waals surface area contributed by atoms with Crippen molar-refractivity contribution < 1.29 is 8.42 Å². The number of hydrogen-bond donors (Lipinski definition) is 0. The standard InChI is InChI=1S/C19H17N3O2S/c1-25(23,24)19-21-20-18-17(13-14-7-3-2-4-8-14)16-10-6-5-9-15(16)11-12-22(18)19/h2-12,17H,13H2,1H3. The number of nitrogens with zero attached hydrogens (tertiary/aromatic N) is 3. The van der Waals surface area contributed by atoms with Crippen molar-refractivity contribution in [2.75, 3.05) is 6.26 Å². The summed E-state index contributed by atoms with van der Waals surface area (Å²) in [4.78, 5) is 0. The quantitative estimate of drug-likeness (QED) is 0.728. The molecule has 5 nitrogen and oxygen atoms in total. The van der Waals surface area contributed by atoms with Crippen molar-refractivity contribution in [3.63, 3.8) is 0 Å². The molecule has 1 aliphatic heterocycles. The molecular weight excluding hydrogens is 334 g/mol. The van der Waals surface area contributed by atoms with Crippen LogP contribution in [0.3, 0.4) is 0 Å². The fraction of sp³-hybridized carbons (Fsp3) is 0.158. The van der Waals surface area contributed by atoms with Gasteiger partial charge in [-0.05, 0) is 29.2 Å². The van der Waals surface area contributed by atoms with Gasteiger partial charge in [-0.15, -0.1) is 10.2 Å². The Bertz CT molecular complexity index is 1050. The van der Waals surface area contributed by atoms with Crippen molar-refractivity contribution in [2.45, 2.75) is 17.5 Å². The third-order valence-electron chi connectivity index (χ3n) is 4.39. The molecule has 3 aromatic rings. The highest BCUT2D eigenvalue weighted by Gasteiger charge is 2.28. The Hall–Kier alpha value is -2.73. The maximum Gasteiger partial charge on any atom is 0.253 e. The van der Waals surface area contributed by atoms with E-state index < -0.39 is 9.84 Å². The van der Waals surface area contributed by atoms with Crippen LogP contribution in [0.15, 0.2) is 59.8 Å². The van der Waals surface area contributed by atoms with E-state index >= 15 is 0 Å². The third-order valence-corrected chi connectivity index (χ3v) is 5.33.